The van der Waals surface area contributed by atoms with Crippen molar-refractivity contribution in [2.24, 2.45) is 0 Å². The number of amides is 3. The molecule has 0 aromatic heterocycles. The summed E-state index contributed by atoms with van der Waals surface area (Å²) in [6.45, 7) is 5.50. The van der Waals surface area contributed by atoms with E-state index in [2.05, 4.69) is 6.58 Å². The van der Waals surface area contributed by atoms with Crippen LogP contribution in [0.1, 0.15) is 32.6 Å². The number of unbranched alkanes of at least 4 members (excludes halogenated alkanes) is 2. The molecule has 0 spiro atoms. The molecule has 0 saturated carbocycles. The van der Waals surface area contributed by atoms with Crippen LogP contribution in [0.2, 0.25) is 0 Å². The Labute approximate surface area is 135 Å². The van der Waals surface area contributed by atoms with Crippen LogP contribution in [0.4, 0.5) is 0 Å². The minimum absolute atomic E-state index is 0.216. The summed E-state index contributed by atoms with van der Waals surface area (Å²) in [6, 6.07) is -1.02. The Morgan fingerprint density at radius 1 is 1.22 bits per heavy atom. The standard InChI is InChI=1S/C16H22N2O5/c1-11(2)15(16(22)23)17(3)12(19)7-5-4-6-10-18-13(20)8-9-14(18)21/h8-9,15H,1,4-7,10H2,2-3H3,(H,22,23)/t15-/m0/s1. The maximum Gasteiger partial charge on any atom is 0.330 e. The first-order chi connectivity index (χ1) is 10.8. The van der Waals surface area contributed by atoms with E-state index in [1.165, 1.54) is 24.1 Å². The van der Waals surface area contributed by atoms with E-state index in [0.717, 1.165) is 4.90 Å². The van der Waals surface area contributed by atoms with Gasteiger partial charge in [-0.25, -0.2) is 4.79 Å². The van der Waals surface area contributed by atoms with Gasteiger partial charge in [0.15, 0.2) is 0 Å². The van der Waals surface area contributed by atoms with Crippen LogP contribution in [0.15, 0.2) is 24.3 Å². The highest BCUT2D eigenvalue weighted by molar-refractivity contribution is 6.12. The lowest BCUT2D eigenvalue weighted by molar-refractivity contribution is -0.147. The lowest BCUT2D eigenvalue weighted by Gasteiger charge is -2.25. The van der Waals surface area contributed by atoms with Crippen molar-refractivity contribution in [1.82, 2.24) is 9.80 Å². The number of hydrogen-bond acceptors (Lipinski definition) is 4. The van der Waals surface area contributed by atoms with Crippen LogP contribution >= 0.6 is 0 Å². The maximum atomic E-state index is 12.0. The van der Waals surface area contributed by atoms with Crippen molar-refractivity contribution >= 4 is 23.7 Å². The molecule has 3 amide bonds. The third-order valence-corrected chi connectivity index (χ3v) is 3.65. The van der Waals surface area contributed by atoms with Gasteiger partial charge in [-0.3, -0.25) is 19.3 Å². The fourth-order valence-electron chi connectivity index (χ4n) is 2.40. The second kappa shape index (κ2) is 8.26. The van der Waals surface area contributed by atoms with Crippen molar-refractivity contribution in [3.05, 3.63) is 24.3 Å². The summed E-state index contributed by atoms with van der Waals surface area (Å²) in [4.78, 5) is 48.2. The maximum absolute atomic E-state index is 12.0. The second-order valence-corrected chi connectivity index (χ2v) is 5.56. The molecule has 126 valence electrons. The third-order valence-electron chi connectivity index (χ3n) is 3.65. The molecule has 1 N–H and O–H groups in total. The molecule has 1 rings (SSSR count). The summed E-state index contributed by atoms with van der Waals surface area (Å²) >= 11 is 0. The molecule has 0 bridgehead atoms. The summed E-state index contributed by atoms with van der Waals surface area (Å²) in [5, 5.41) is 9.11. The SMILES string of the molecule is C=C(C)[C@@H](C(=O)O)N(C)C(=O)CCCCCN1C(=O)C=CC1=O. The molecule has 0 aromatic carbocycles. The van der Waals surface area contributed by atoms with Crippen molar-refractivity contribution in [1.29, 1.82) is 0 Å². The summed E-state index contributed by atoms with van der Waals surface area (Å²) in [7, 11) is 1.45. The van der Waals surface area contributed by atoms with Gasteiger partial charge in [0.2, 0.25) is 5.91 Å². The van der Waals surface area contributed by atoms with Crippen LogP contribution in [0.25, 0.3) is 0 Å². The topological polar surface area (TPSA) is 95.0 Å². The van der Waals surface area contributed by atoms with Crippen molar-refractivity contribution in [2.75, 3.05) is 13.6 Å². The Morgan fingerprint density at radius 2 is 1.78 bits per heavy atom. The van der Waals surface area contributed by atoms with Gasteiger partial charge in [-0.1, -0.05) is 13.0 Å². The largest absolute Gasteiger partial charge is 0.479 e. The summed E-state index contributed by atoms with van der Waals surface area (Å²) in [5.41, 5.74) is 0.395. The average Bonchev–Trinajstić information content (AvgIpc) is 2.77. The monoisotopic (exact) mass is 322 g/mol. The number of nitrogens with zero attached hydrogens (tertiary/aromatic N) is 2. The molecule has 0 unspecified atom stereocenters. The van der Waals surface area contributed by atoms with E-state index in [1.54, 1.807) is 6.92 Å². The average molecular weight is 322 g/mol. The zero-order chi connectivity index (χ0) is 17.6. The highest BCUT2D eigenvalue weighted by Gasteiger charge is 2.26. The van der Waals surface area contributed by atoms with Gasteiger partial charge in [0, 0.05) is 32.2 Å². The number of carboxylic acid groups (broad SMARTS) is 1. The van der Waals surface area contributed by atoms with Gasteiger partial charge >= 0.3 is 5.97 Å². The first-order valence-electron chi connectivity index (χ1n) is 7.43. The Kier molecular flexibility index (Phi) is 6.68. The molecule has 7 nitrogen and oxygen atoms in total. The summed E-state index contributed by atoms with van der Waals surface area (Å²) in [5.74, 6) is -1.99. The van der Waals surface area contributed by atoms with Crippen LogP contribution in [-0.2, 0) is 19.2 Å². The first kappa shape index (κ1) is 18.6. The molecule has 1 atom stereocenters. The third kappa shape index (κ3) is 5.05. The van der Waals surface area contributed by atoms with Crippen molar-refractivity contribution in [3.63, 3.8) is 0 Å². The van der Waals surface area contributed by atoms with Crippen LogP contribution in [0, 0.1) is 0 Å². The molecule has 23 heavy (non-hydrogen) atoms. The van der Waals surface area contributed by atoms with E-state index in [-0.39, 0.29) is 24.1 Å². The van der Waals surface area contributed by atoms with E-state index >= 15 is 0 Å². The Bertz CT molecular complexity index is 521. The quantitative estimate of drug-likeness (QED) is 0.387. The fraction of sp³-hybridized carbons (Fsp3) is 0.500. The van der Waals surface area contributed by atoms with Crippen LogP contribution in [0.5, 0.6) is 0 Å². The van der Waals surface area contributed by atoms with Crippen LogP contribution < -0.4 is 0 Å². The Hall–Kier alpha value is -2.44. The number of carbonyl (C=O) groups excluding carboxylic acids is 3. The normalized spacial score (nSPS) is 15.0. The predicted molar refractivity (Wildman–Crippen MR) is 83.3 cm³/mol. The fourth-order valence-corrected chi connectivity index (χ4v) is 2.40. The molecule has 0 aliphatic carbocycles. The van der Waals surface area contributed by atoms with Gasteiger partial charge in [0.1, 0.15) is 6.04 Å². The molecular formula is C16H22N2O5. The predicted octanol–water partition coefficient (Wildman–Crippen LogP) is 0.959. The van der Waals surface area contributed by atoms with E-state index in [1.807, 2.05) is 0 Å². The van der Waals surface area contributed by atoms with Crippen LogP contribution in [-0.4, -0.2) is 58.2 Å². The molecule has 7 heteroatoms. The van der Waals surface area contributed by atoms with Gasteiger partial charge in [0.25, 0.3) is 11.8 Å². The van der Waals surface area contributed by atoms with Crippen molar-refractivity contribution < 1.29 is 24.3 Å². The molecule has 1 aliphatic rings. The minimum atomic E-state index is -1.10. The van der Waals surface area contributed by atoms with Gasteiger partial charge in [0.05, 0.1) is 0 Å². The minimum Gasteiger partial charge on any atom is -0.479 e. The second-order valence-electron chi connectivity index (χ2n) is 5.56. The summed E-state index contributed by atoms with van der Waals surface area (Å²) < 4.78 is 0. The lowest BCUT2D eigenvalue weighted by atomic mass is 10.1. The van der Waals surface area contributed by atoms with E-state index in [4.69, 9.17) is 5.11 Å². The molecule has 1 aliphatic heterocycles. The van der Waals surface area contributed by atoms with E-state index in [0.29, 0.717) is 31.4 Å². The number of likely N-dealkylation sites (N-methyl/N-ethyl adjacent to an activating group) is 1. The van der Waals surface area contributed by atoms with Crippen molar-refractivity contribution in [2.45, 2.75) is 38.6 Å². The number of hydrogen-bond donors (Lipinski definition) is 1. The highest BCUT2D eigenvalue weighted by atomic mass is 16.4. The number of aliphatic carboxylic acids is 1. The van der Waals surface area contributed by atoms with Gasteiger partial charge in [-0.15, -0.1) is 0 Å². The lowest BCUT2D eigenvalue weighted by Crippen LogP contribution is -2.42. The molecule has 1 heterocycles. The molecule has 0 aromatic rings. The van der Waals surface area contributed by atoms with Crippen LogP contribution in [0.3, 0.4) is 0 Å². The number of carbonyl (C=O) groups is 4. The molecule has 0 saturated heterocycles. The summed E-state index contributed by atoms with van der Waals surface area (Å²) in [6.07, 6.45) is 4.54. The van der Waals surface area contributed by atoms with E-state index in [9.17, 15) is 19.2 Å². The molecular weight excluding hydrogens is 300 g/mol. The van der Waals surface area contributed by atoms with E-state index < -0.39 is 12.0 Å². The highest BCUT2D eigenvalue weighted by Crippen LogP contribution is 2.12. The molecule has 0 radical (unpaired) electrons. The molecule has 0 fully saturated rings. The first-order valence-corrected chi connectivity index (χ1v) is 7.43. The Morgan fingerprint density at radius 3 is 2.26 bits per heavy atom. The zero-order valence-corrected chi connectivity index (χ0v) is 13.4. The Balaban J connectivity index is 2.31. The number of carboxylic acids is 1. The van der Waals surface area contributed by atoms with Gasteiger partial charge in [-0.05, 0) is 25.3 Å². The smallest absolute Gasteiger partial charge is 0.330 e. The number of rotatable bonds is 9. The zero-order valence-electron chi connectivity index (χ0n) is 13.4. The number of imide groups is 1. The van der Waals surface area contributed by atoms with Gasteiger partial charge < -0.3 is 10.0 Å². The van der Waals surface area contributed by atoms with Gasteiger partial charge in [-0.2, -0.15) is 0 Å². The van der Waals surface area contributed by atoms with Crippen molar-refractivity contribution in [3.8, 4) is 0 Å².